The number of rotatable bonds is 6. The topological polar surface area (TPSA) is 93.5 Å². The quantitative estimate of drug-likeness (QED) is 0.726. The molecule has 2 amide bonds. The van der Waals surface area contributed by atoms with Crippen LogP contribution in [0.3, 0.4) is 0 Å². The number of hydrogen-bond acceptors (Lipinski definition) is 4. The van der Waals surface area contributed by atoms with Gasteiger partial charge >= 0.3 is 0 Å². The van der Waals surface area contributed by atoms with Gasteiger partial charge in [0.25, 0.3) is 0 Å². The molecule has 0 aromatic heterocycles. The highest BCUT2D eigenvalue weighted by Gasteiger charge is 2.40. The maximum absolute atomic E-state index is 12.5. The monoisotopic (exact) mass is 359 g/mol. The van der Waals surface area contributed by atoms with Gasteiger partial charge in [-0.15, -0.1) is 0 Å². The third-order valence-electron chi connectivity index (χ3n) is 5.66. The lowest BCUT2D eigenvalue weighted by atomic mass is 9.65. The molecule has 1 aromatic rings. The summed E-state index contributed by atoms with van der Waals surface area (Å²) in [6.45, 7) is 2.51. The van der Waals surface area contributed by atoms with E-state index < -0.39 is 0 Å². The first-order valence-corrected chi connectivity index (χ1v) is 9.62. The van der Waals surface area contributed by atoms with Crippen molar-refractivity contribution in [1.82, 2.24) is 5.32 Å². The second kappa shape index (κ2) is 8.54. The molecular weight excluding hydrogens is 330 g/mol. The van der Waals surface area contributed by atoms with E-state index in [2.05, 4.69) is 10.6 Å². The van der Waals surface area contributed by atoms with Crippen LogP contribution in [0.25, 0.3) is 0 Å². The number of ether oxygens (including phenoxy) is 1. The van der Waals surface area contributed by atoms with Gasteiger partial charge in [-0.2, -0.15) is 0 Å². The molecule has 6 heteroatoms. The highest BCUT2D eigenvalue weighted by molar-refractivity contribution is 5.94. The second-order valence-corrected chi connectivity index (χ2v) is 7.42. The predicted molar refractivity (Wildman–Crippen MR) is 101 cm³/mol. The van der Waals surface area contributed by atoms with Crippen molar-refractivity contribution in [3.8, 4) is 5.75 Å². The first-order valence-electron chi connectivity index (χ1n) is 9.62. The van der Waals surface area contributed by atoms with Gasteiger partial charge in [0.2, 0.25) is 11.8 Å². The van der Waals surface area contributed by atoms with Crippen molar-refractivity contribution in [1.29, 1.82) is 0 Å². The lowest BCUT2D eigenvalue weighted by Gasteiger charge is -2.43. The zero-order chi connectivity index (χ0) is 18.5. The summed E-state index contributed by atoms with van der Waals surface area (Å²) in [5.74, 6) is 1.42. The van der Waals surface area contributed by atoms with E-state index >= 15 is 0 Å². The zero-order valence-electron chi connectivity index (χ0n) is 15.4. The zero-order valence-corrected chi connectivity index (χ0v) is 15.4. The van der Waals surface area contributed by atoms with E-state index in [1.165, 1.54) is 6.42 Å². The van der Waals surface area contributed by atoms with Crippen LogP contribution < -0.4 is 21.1 Å². The Morgan fingerprint density at radius 3 is 2.42 bits per heavy atom. The van der Waals surface area contributed by atoms with Crippen molar-refractivity contribution in [3.63, 3.8) is 0 Å². The van der Waals surface area contributed by atoms with Crippen molar-refractivity contribution in [2.24, 2.45) is 23.5 Å². The molecule has 2 fully saturated rings. The van der Waals surface area contributed by atoms with E-state index in [-0.39, 0.29) is 30.3 Å². The van der Waals surface area contributed by atoms with Crippen LogP contribution in [-0.2, 0) is 9.59 Å². The van der Waals surface area contributed by atoms with Crippen molar-refractivity contribution in [2.45, 2.75) is 45.1 Å². The van der Waals surface area contributed by atoms with Gasteiger partial charge in [0, 0.05) is 17.6 Å². The van der Waals surface area contributed by atoms with Crippen LogP contribution in [0.1, 0.15) is 39.0 Å². The molecule has 3 rings (SSSR count). The highest BCUT2D eigenvalue weighted by atomic mass is 16.5. The number of carbonyl (C=O) groups excluding carboxylic acids is 2. The molecular formula is C20H29N3O3. The van der Waals surface area contributed by atoms with Gasteiger partial charge in [0.05, 0.1) is 13.2 Å². The third-order valence-corrected chi connectivity index (χ3v) is 5.66. The van der Waals surface area contributed by atoms with Crippen LogP contribution in [0.2, 0.25) is 0 Å². The van der Waals surface area contributed by atoms with Crippen molar-refractivity contribution in [2.75, 3.05) is 18.5 Å². The maximum atomic E-state index is 12.5. The molecule has 2 saturated carbocycles. The summed E-state index contributed by atoms with van der Waals surface area (Å²) >= 11 is 0. The van der Waals surface area contributed by atoms with Crippen molar-refractivity contribution >= 4 is 17.5 Å². The Kier molecular flexibility index (Phi) is 6.14. The molecule has 0 aliphatic heterocycles. The fraction of sp³-hybridized carbons (Fsp3) is 0.600. The summed E-state index contributed by atoms with van der Waals surface area (Å²) in [5, 5.41) is 5.58. The third kappa shape index (κ3) is 4.55. The smallest absolute Gasteiger partial charge is 0.243 e. The average molecular weight is 359 g/mol. The van der Waals surface area contributed by atoms with Crippen molar-refractivity contribution < 1.29 is 14.3 Å². The van der Waals surface area contributed by atoms with E-state index in [9.17, 15) is 9.59 Å². The van der Waals surface area contributed by atoms with E-state index in [0.717, 1.165) is 31.4 Å². The summed E-state index contributed by atoms with van der Waals surface area (Å²) in [5.41, 5.74) is 6.97. The number of nitrogens with one attached hydrogen (secondary N) is 2. The minimum absolute atomic E-state index is 0.00999. The molecule has 142 valence electrons. The van der Waals surface area contributed by atoms with Crippen molar-refractivity contribution in [3.05, 3.63) is 24.3 Å². The van der Waals surface area contributed by atoms with Gasteiger partial charge < -0.3 is 21.1 Å². The summed E-state index contributed by atoms with van der Waals surface area (Å²) < 4.78 is 5.37. The Morgan fingerprint density at radius 2 is 1.81 bits per heavy atom. The van der Waals surface area contributed by atoms with Gasteiger partial charge in [-0.3, -0.25) is 9.59 Å². The van der Waals surface area contributed by atoms with E-state index in [0.29, 0.717) is 24.1 Å². The minimum Gasteiger partial charge on any atom is -0.494 e. The minimum atomic E-state index is -0.227. The molecule has 2 bridgehead atoms. The molecule has 2 unspecified atom stereocenters. The highest BCUT2D eigenvalue weighted by Crippen LogP contribution is 2.41. The normalized spacial score (nSPS) is 27.5. The average Bonchev–Trinajstić information content (AvgIpc) is 2.61. The number of anilines is 1. The number of hydrogen-bond donors (Lipinski definition) is 3. The fourth-order valence-corrected chi connectivity index (χ4v) is 4.32. The molecule has 2 aliphatic carbocycles. The molecule has 0 heterocycles. The Bertz CT molecular complexity index is 618. The number of carbonyl (C=O) groups is 2. The number of nitrogens with two attached hydrogens (primary N) is 1. The largest absolute Gasteiger partial charge is 0.494 e. The summed E-state index contributed by atoms with van der Waals surface area (Å²) in [6, 6.07) is 7.43. The van der Waals surface area contributed by atoms with Crippen LogP contribution in [0.15, 0.2) is 24.3 Å². The van der Waals surface area contributed by atoms with Crippen LogP contribution in [-0.4, -0.2) is 31.0 Å². The molecule has 0 radical (unpaired) electrons. The van der Waals surface area contributed by atoms with Crippen LogP contribution in [0, 0.1) is 17.8 Å². The predicted octanol–water partition coefficient (Wildman–Crippen LogP) is 2.29. The lowest BCUT2D eigenvalue weighted by molar-refractivity contribution is -0.129. The van der Waals surface area contributed by atoms with Gasteiger partial charge in [-0.1, -0.05) is 6.42 Å². The molecule has 2 aliphatic rings. The van der Waals surface area contributed by atoms with Gasteiger partial charge in [-0.25, -0.2) is 0 Å². The summed E-state index contributed by atoms with van der Waals surface area (Å²) in [4.78, 5) is 24.5. The molecule has 26 heavy (non-hydrogen) atoms. The second-order valence-electron chi connectivity index (χ2n) is 7.42. The van der Waals surface area contributed by atoms with Gasteiger partial charge in [0.15, 0.2) is 0 Å². The molecule has 0 spiro atoms. The number of amides is 2. The first kappa shape index (κ1) is 18.7. The van der Waals surface area contributed by atoms with Crippen LogP contribution in [0.5, 0.6) is 5.75 Å². The summed E-state index contributed by atoms with van der Waals surface area (Å²) in [6.07, 6.45) is 5.18. The number of benzene rings is 1. The Morgan fingerprint density at radius 1 is 1.15 bits per heavy atom. The van der Waals surface area contributed by atoms with E-state index in [1.54, 1.807) is 12.1 Å². The first-order chi connectivity index (χ1) is 12.6. The molecule has 2 atom stereocenters. The van der Waals surface area contributed by atoms with Gasteiger partial charge in [0.1, 0.15) is 5.75 Å². The molecule has 4 N–H and O–H groups in total. The maximum Gasteiger partial charge on any atom is 0.243 e. The fourth-order valence-electron chi connectivity index (χ4n) is 4.32. The van der Waals surface area contributed by atoms with E-state index in [1.807, 2.05) is 19.1 Å². The lowest BCUT2D eigenvalue weighted by Crippen LogP contribution is -2.49. The Labute approximate surface area is 154 Å². The molecule has 0 saturated heterocycles. The van der Waals surface area contributed by atoms with Crippen LogP contribution >= 0.6 is 0 Å². The Hall–Kier alpha value is -2.08. The Balaban J connectivity index is 1.44. The molecule has 6 nitrogen and oxygen atoms in total. The standard InChI is InChI=1S/C20H29N3O3/c1-2-26-17-8-6-16(7-9-17)23-18(24)12-22-20(25)15-10-13-4-3-5-14(11-15)19(13)21/h6-9,13-15,19H,2-5,10-12,21H2,1H3,(H,22,25)(H,23,24). The SMILES string of the molecule is CCOc1ccc(NC(=O)CNC(=O)C2CC3CCCC(C2)C3N)cc1. The van der Waals surface area contributed by atoms with Crippen LogP contribution in [0.4, 0.5) is 5.69 Å². The number of fused-ring (bicyclic) bond motifs is 2. The summed E-state index contributed by atoms with van der Waals surface area (Å²) in [7, 11) is 0. The molecule has 1 aromatic carbocycles. The van der Waals surface area contributed by atoms with Gasteiger partial charge in [-0.05, 0) is 68.7 Å². The van der Waals surface area contributed by atoms with E-state index in [4.69, 9.17) is 10.5 Å².